The SMILES string of the molecule is CNC1CN(CCSC(C)C)C1. The Bertz CT molecular complexity index is 122. The molecule has 0 radical (unpaired) electrons. The van der Waals surface area contributed by atoms with Crippen molar-refractivity contribution in [3.05, 3.63) is 0 Å². The van der Waals surface area contributed by atoms with Crippen LogP contribution in [-0.2, 0) is 0 Å². The number of hydrogen-bond donors (Lipinski definition) is 1. The lowest BCUT2D eigenvalue weighted by Gasteiger charge is -2.39. The van der Waals surface area contributed by atoms with E-state index in [-0.39, 0.29) is 0 Å². The van der Waals surface area contributed by atoms with Crippen LogP contribution in [0.3, 0.4) is 0 Å². The Morgan fingerprint density at radius 3 is 2.67 bits per heavy atom. The number of nitrogens with one attached hydrogen (secondary N) is 1. The highest BCUT2D eigenvalue weighted by atomic mass is 32.2. The molecule has 0 aliphatic carbocycles. The number of thioether (sulfide) groups is 1. The van der Waals surface area contributed by atoms with Crippen LogP contribution in [0.15, 0.2) is 0 Å². The van der Waals surface area contributed by atoms with E-state index in [0.29, 0.717) is 0 Å². The predicted octanol–water partition coefficient (Wildman–Crippen LogP) is 1.03. The molecule has 3 heteroatoms. The van der Waals surface area contributed by atoms with Gasteiger partial charge in [0.15, 0.2) is 0 Å². The lowest BCUT2D eigenvalue weighted by molar-refractivity contribution is 0.141. The lowest BCUT2D eigenvalue weighted by Crippen LogP contribution is -2.57. The van der Waals surface area contributed by atoms with E-state index < -0.39 is 0 Å². The fourth-order valence-corrected chi connectivity index (χ4v) is 2.19. The first-order chi connectivity index (χ1) is 5.72. The van der Waals surface area contributed by atoms with Gasteiger partial charge in [-0.3, -0.25) is 4.90 Å². The summed E-state index contributed by atoms with van der Waals surface area (Å²) in [6.07, 6.45) is 0. The van der Waals surface area contributed by atoms with Crippen molar-refractivity contribution in [2.45, 2.75) is 25.1 Å². The van der Waals surface area contributed by atoms with Gasteiger partial charge in [-0.1, -0.05) is 13.8 Å². The van der Waals surface area contributed by atoms with Gasteiger partial charge in [0.05, 0.1) is 0 Å². The number of likely N-dealkylation sites (N-methyl/N-ethyl adjacent to an activating group) is 1. The Kier molecular flexibility index (Phi) is 4.40. The fraction of sp³-hybridized carbons (Fsp3) is 1.00. The highest BCUT2D eigenvalue weighted by Gasteiger charge is 2.23. The molecule has 72 valence electrons. The zero-order chi connectivity index (χ0) is 8.97. The van der Waals surface area contributed by atoms with E-state index in [4.69, 9.17) is 0 Å². The van der Waals surface area contributed by atoms with E-state index in [0.717, 1.165) is 11.3 Å². The fourth-order valence-electron chi connectivity index (χ4n) is 1.35. The van der Waals surface area contributed by atoms with Crippen LogP contribution >= 0.6 is 11.8 Å². The quantitative estimate of drug-likeness (QED) is 0.694. The molecule has 0 saturated carbocycles. The molecule has 1 aliphatic heterocycles. The van der Waals surface area contributed by atoms with Gasteiger partial charge in [0.2, 0.25) is 0 Å². The number of likely N-dealkylation sites (tertiary alicyclic amines) is 1. The molecular formula is C9H20N2S. The van der Waals surface area contributed by atoms with E-state index in [1.165, 1.54) is 25.4 Å². The number of hydrogen-bond acceptors (Lipinski definition) is 3. The Morgan fingerprint density at radius 1 is 1.50 bits per heavy atom. The minimum Gasteiger partial charge on any atom is -0.315 e. The average Bonchev–Trinajstić information content (AvgIpc) is 1.93. The van der Waals surface area contributed by atoms with Gasteiger partial charge in [-0.25, -0.2) is 0 Å². The van der Waals surface area contributed by atoms with Crippen molar-refractivity contribution in [2.75, 3.05) is 32.4 Å². The summed E-state index contributed by atoms with van der Waals surface area (Å²) in [6, 6.07) is 0.758. The van der Waals surface area contributed by atoms with Crippen LogP contribution in [0.25, 0.3) is 0 Å². The normalized spacial score (nSPS) is 20.0. The third kappa shape index (κ3) is 3.33. The molecule has 0 bridgehead atoms. The first-order valence-corrected chi connectivity index (χ1v) is 5.78. The van der Waals surface area contributed by atoms with Gasteiger partial charge < -0.3 is 5.32 Å². The topological polar surface area (TPSA) is 15.3 Å². The molecule has 0 aromatic rings. The van der Waals surface area contributed by atoms with Crippen LogP contribution in [-0.4, -0.2) is 48.6 Å². The van der Waals surface area contributed by atoms with Crippen molar-refractivity contribution in [1.29, 1.82) is 0 Å². The second-order valence-electron chi connectivity index (χ2n) is 3.66. The minimum atomic E-state index is 0.758. The van der Waals surface area contributed by atoms with Crippen molar-refractivity contribution in [1.82, 2.24) is 10.2 Å². The van der Waals surface area contributed by atoms with Crippen LogP contribution in [0.5, 0.6) is 0 Å². The zero-order valence-electron chi connectivity index (χ0n) is 8.34. The molecule has 1 heterocycles. The maximum absolute atomic E-state index is 3.28. The first-order valence-electron chi connectivity index (χ1n) is 4.73. The average molecular weight is 188 g/mol. The second kappa shape index (κ2) is 5.10. The molecule has 2 nitrogen and oxygen atoms in total. The summed E-state index contributed by atoms with van der Waals surface area (Å²) in [5, 5.41) is 4.07. The van der Waals surface area contributed by atoms with E-state index in [1.54, 1.807) is 0 Å². The van der Waals surface area contributed by atoms with Gasteiger partial charge in [-0.2, -0.15) is 11.8 Å². The molecule has 0 unspecified atom stereocenters. The predicted molar refractivity (Wildman–Crippen MR) is 56.9 cm³/mol. The van der Waals surface area contributed by atoms with E-state index in [9.17, 15) is 0 Å². The molecule has 0 amide bonds. The molecule has 0 aromatic carbocycles. The third-order valence-electron chi connectivity index (χ3n) is 2.22. The van der Waals surface area contributed by atoms with Crippen LogP contribution in [0.4, 0.5) is 0 Å². The van der Waals surface area contributed by atoms with Crippen molar-refractivity contribution in [2.24, 2.45) is 0 Å². The summed E-state index contributed by atoms with van der Waals surface area (Å²) in [7, 11) is 2.05. The molecule has 1 fully saturated rings. The van der Waals surface area contributed by atoms with Crippen LogP contribution in [0, 0.1) is 0 Å². The molecule has 1 aliphatic rings. The van der Waals surface area contributed by atoms with Crippen LogP contribution in [0.2, 0.25) is 0 Å². The molecule has 1 N–H and O–H groups in total. The van der Waals surface area contributed by atoms with Crippen LogP contribution in [0.1, 0.15) is 13.8 Å². The van der Waals surface area contributed by atoms with Crippen molar-refractivity contribution in [3.8, 4) is 0 Å². The Hall–Kier alpha value is 0.270. The largest absolute Gasteiger partial charge is 0.315 e. The lowest BCUT2D eigenvalue weighted by atomic mass is 10.1. The smallest absolute Gasteiger partial charge is 0.0320 e. The molecule has 0 atom stereocenters. The third-order valence-corrected chi connectivity index (χ3v) is 3.31. The van der Waals surface area contributed by atoms with Gasteiger partial charge in [-0.15, -0.1) is 0 Å². The summed E-state index contributed by atoms with van der Waals surface area (Å²) in [5.74, 6) is 1.29. The van der Waals surface area contributed by atoms with Gasteiger partial charge in [0.25, 0.3) is 0 Å². The Labute approximate surface area is 80.1 Å². The maximum Gasteiger partial charge on any atom is 0.0320 e. The summed E-state index contributed by atoms with van der Waals surface area (Å²) < 4.78 is 0. The highest BCUT2D eigenvalue weighted by Crippen LogP contribution is 2.12. The van der Waals surface area contributed by atoms with E-state index >= 15 is 0 Å². The van der Waals surface area contributed by atoms with Crippen molar-refractivity contribution in [3.63, 3.8) is 0 Å². The van der Waals surface area contributed by atoms with E-state index in [2.05, 4.69) is 35.8 Å². The van der Waals surface area contributed by atoms with Gasteiger partial charge in [0, 0.05) is 31.4 Å². The van der Waals surface area contributed by atoms with Gasteiger partial charge in [0.1, 0.15) is 0 Å². The first kappa shape index (κ1) is 10.4. The molecule has 12 heavy (non-hydrogen) atoms. The number of nitrogens with zero attached hydrogens (tertiary/aromatic N) is 1. The van der Waals surface area contributed by atoms with E-state index in [1.807, 2.05) is 7.05 Å². The van der Waals surface area contributed by atoms with Gasteiger partial charge >= 0.3 is 0 Å². The number of rotatable bonds is 5. The summed E-state index contributed by atoms with van der Waals surface area (Å²) >= 11 is 2.06. The summed E-state index contributed by atoms with van der Waals surface area (Å²) in [6.45, 7) is 8.28. The summed E-state index contributed by atoms with van der Waals surface area (Å²) in [4.78, 5) is 2.51. The maximum atomic E-state index is 3.28. The zero-order valence-corrected chi connectivity index (χ0v) is 9.16. The minimum absolute atomic E-state index is 0.758. The Balaban J connectivity index is 1.90. The summed E-state index contributed by atoms with van der Waals surface area (Å²) in [5.41, 5.74) is 0. The highest BCUT2D eigenvalue weighted by molar-refractivity contribution is 7.99. The Morgan fingerprint density at radius 2 is 2.17 bits per heavy atom. The molecule has 1 saturated heterocycles. The molecular weight excluding hydrogens is 168 g/mol. The monoisotopic (exact) mass is 188 g/mol. The second-order valence-corrected chi connectivity index (χ2v) is 5.35. The van der Waals surface area contributed by atoms with Crippen molar-refractivity contribution >= 4 is 11.8 Å². The van der Waals surface area contributed by atoms with Crippen molar-refractivity contribution < 1.29 is 0 Å². The van der Waals surface area contributed by atoms with Crippen LogP contribution < -0.4 is 5.32 Å². The molecule has 0 aromatic heterocycles. The molecule has 1 rings (SSSR count). The molecule has 0 spiro atoms. The van der Waals surface area contributed by atoms with Gasteiger partial charge in [-0.05, 0) is 12.3 Å². The standard InChI is InChI=1S/C9H20N2S/c1-8(2)12-5-4-11-6-9(7-11)10-3/h8-10H,4-7H2,1-3H3.